The summed E-state index contributed by atoms with van der Waals surface area (Å²) in [5.41, 5.74) is 3.01. The van der Waals surface area contributed by atoms with Gasteiger partial charge in [0.1, 0.15) is 23.6 Å². The number of aromatic nitrogens is 4. The van der Waals surface area contributed by atoms with E-state index >= 15 is 0 Å². The maximum Gasteiger partial charge on any atom is 0.218 e. The van der Waals surface area contributed by atoms with E-state index in [1.165, 1.54) is 18.5 Å². The number of nitrogens with zero attached hydrogens (tertiary/aromatic N) is 3. The van der Waals surface area contributed by atoms with E-state index in [9.17, 15) is 8.78 Å². The third-order valence-corrected chi connectivity index (χ3v) is 4.48. The summed E-state index contributed by atoms with van der Waals surface area (Å²) in [4.78, 5) is 15.2. The summed E-state index contributed by atoms with van der Waals surface area (Å²) >= 11 is 0. The largest absolute Gasteiger partial charge is 0.363 e. The molecule has 0 saturated heterocycles. The van der Waals surface area contributed by atoms with E-state index in [0.29, 0.717) is 17.8 Å². The Bertz CT molecular complexity index is 1080. The Morgan fingerprint density at radius 2 is 1.89 bits per heavy atom. The van der Waals surface area contributed by atoms with Crippen LogP contribution in [0.1, 0.15) is 29.7 Å². The number of hydrogen-bond acceptors (Lipinski definition) is 4. The lowest BCUT2D eigenvalue weighted by atomic mass is 10.1. The minimum atomic E-state index is -0.530. The first-order chi connectivity index (χ1) is 13.1. The Kier molecular flexibility index (Phi) is 4.50. The smallest absolute Gasteiger partial charge is 0.218 e. The van der Waals surface area contributed by atoms with Crippen molar-refractivity contribution in [1.82, 2.24) is 19.9 Å². The number of nitrogens with one attached hydrogen (secondary N) is 2. The minimum absolute atomic E-state index is 0.130. The third kappa shape index (κ3) is 3.62. The number of rotatable bonds is 5. The van der Waals surface area contributed by atoms with Gasteiger partial charge in [0.25, 0.3) is 0 Å². The van der Waals surface area contributed by atoms with Gasteiger partial charge in [-0.05, 0) is 36.2 Å². The molecule has 4 aromatic rings. The summed E-state index contributed by atoms with van der Waals surface area (Å²) in [6.07, 6.45) is 5.37. The van der Waals surface area contributed by atoms with Crippen LogP contribution in [0.2, 0.25) is 0 Å². The van der Waals surface area contributed by atoms with Crippen LogP contribution in [0.3, 0.4) is 0 Å². The van der Waals surface area contributed by atoms with Gasteiger partial charge in [-0.3, -0.25) is 0 Å². The van der Waals surface area contributed by atoms with E-state index in [-0.39, 0.29) is 11.9 Å². The highest BCUT2D eigenvalue weighted by Crippen LogP contribution is 2.22. The average Bonchev–Trinajstić information content (AvgIpc) is 3.07. The minimum Gasteiger partial charge on any atom is -0.363 e. The maximum absolute atomic E-state index is 14.5. The number of H-pyrrole nitrogens is 1. The normalized spacial score (nSPS) is 12.3. The van der Waals surface area contributed by atoms with Crippen LogP contribution in [0.15, 0.2) is 55.1 Å². The highest BCUT2D eigenvalue weighted by Gasteiger charge is 2.12. The highest BCUT2D eigenvalue weighted by molar-refractivity contribution is 5.78. The van der Waals surface area contributed by atoms with Crippen molar-refractivity contribution in [2.75, 3.05) is 5.32 Å². The summed E-state index contributed by atoms with van der Waals surface area (Å²) in [7, 11) is 0. The predicted octanol–water partition coefficient (Wildman–Crippen LogP) is 4.40. The number of pyridine rings is 1. The van der Waals surface area contributed by atoms with Crippen LogP contribution < -0.4 is 5.32 Å². The molecule has 7 heteroatoms. The number of benzene rings is 1. The van der Waals surface area contributed by atoms with Crippen LogP contribution in [0.25, 0.3) is 11.0 Å². The molecule has 4 rings (SSSR count). The van der Waals surface area contributed by atoms with Gasteiger partial charge in [-0.15, -0.1) is 0 Å². The molecule has 3 aromatic heterocycles. The summed E-state index contributed by atoms with van der Waals surface area (Å²) < 4.78 is 27.5. The van der Waals surface area contributed by atoms with Crippen LogP contribution in [0, 0.1) is 11.8 Å². The summed E-state index contributed by atoms with van der Waals surface area (Å²) in [6.45, 7) is 1.91. The third-order valence-electron chi connectivity index (χ3n) is 4.48. The van der Waals surface area contributed by atoms with E-state index in [2.05, 4.69) is 25.3 Å². The fraction of sp³-hybridized carbons (Fsp3) is 0.150. The van der Waals surface area contributed by atoms with Crippen LogP contribution in [-0.2, 0) is 6.42 Å². The van der Waals surface area contributed by atoms with Crippen LogP contribution in [0.5, 0.6) is 0 Å². The monoisotopic (exact) mass is 365 g/mol. The molecule has 2 N–H and O–H groups in total. The Balaban J connectivity index is 1.51. The molecule has 0 aliphatic carbocycles. The quantitative estimate of drug-likeness (QED) is 0.515. The van der Waals surface area contributed by atoms with Crippen molar-refractivity contribution in [2.45, 2.75) is 19.4 Å². The fourth-order valence-electron chi connectivity index (χ4n) is 3.00. The SMILES string of the molecule is C[C@H](Nc1ccc(Cc2c[nH]c3ncncc23)c(F)n1)c1ccc(F)cc1. The predicted molar refractivity (Wildman–Crippen MR) is 99.3 cm³/mol. The van der Waals surface area contributed by atoms with E-state index in [1.807, 2.05) is 13.1 Å². The Hall–Kier alpha value is -3.35. The van der Waals surface area contributed by atoms with Gasteiger partial charge in [0, 0.05) is 35.8 Å². The fourth-order valence-corrected chi connectivity index (χ4v) is 3.00. The second-order valence-electron chi connectivity index (χ2n) is 6.34. The second kappa shape index (κ2) is 7.11. The van der Waals surface area contributed by atoms with Gasteiger partial charge in [0.2, 0.25) is 5.95 Å². The van der Waals surface area contributed by atoms with Crippen LogP contribution in [-0.4, -0.2) is 19.9 Å². The Morgan fingerprint density at radius 1 is 1.07 bits per heavy atom. The van der Waals surface area contributed by atoms with Crippen molar-refractivity contribution in [3.63, 3.8) is 0 Å². The molecule has 3 heterocycles. The van der Waals surface area contributed by atoms with Crippen molar-refractivity contribution >= 4 is 16.9 Å². The van der Waals surface area contributed by atoms with Gasteiger partial charge >= 0.3 is 0 Å². The summed E-state index contributed by atoms with van der Waals surface area (Å²) in [5, 5.41) is 4.00. The number of aromatic amines is 1. The molecular formula is C20H17F2N5. The molecule has 136 valence electrons. The molecule has 0 aliphatic heterocycles. The molecule has 0 spiro atoms. The Morgan fingerprint density at radius 3 is 2.67 bits per heavy atom. The first kappa shape index (κ1) is 17.1. The zero-order chi connectivity index (χ0) is 18.8. The molecule has 0 bridgehead atoms. The number of anilines is 1. The van der Waals surface area contributed by atoms with E-state index in [1.54, 1.807) is 30.5 Å². The molecular weight excluding hydrogens is 348 g/mol. The van der Waals surface area contributed by atoms with Crippen LogP contribution in [0.4, 0.5) is 14.6 Å². The molecule has 1 atom stereocenters. The van der Waals surface area contributed by atoms with Crippen molar-refractivity contribution in [3.8, 4) is 0 Å². The number of halogens is 2. The van der Waals surface area contributed by atoms with Crippen molar-refractivity contribution in [2.24, 2.45) is 0 Å². The first-order valence-electron chi connectivity index (χ1n) is 8.53. The molecule has 27 heavy (non-hydrogen) atoms. The van der Waals surface area contributed by atoms with E-state index < -0.39 is 5.95 Å². The molecule has 0 fully saturated rings. The lowest BCUT2D eigenvalue weighted by Gasteiger charge is -2.15. The van der Waals surface area contributed by atoms with Crippen LogP contribution >= 0.6 is 0 Å². The molecule has 5 nitrogen and oxygen atoms in total. The van der Waals surface area contributed by atoms with E-state index in [0.717, 1.165) is 22.2 Å². The Labute approximate surface area is 154 Å². The lowest BCUT2D eigenvalue weighted by Crippen LogP contribution is -2.09. The summed E-state index contributed by atoms with van der Waals surface area (Å²) in [5.74, 6) is -0.394. The van der Waals surface area contributed by atoms with Gasteiger partial charge in [-0.2, -0.15) is 4.39 Å². The van der Waals surface area contributed by atoms with Crippen molar-refractivity contribution in [1.29, 1.82) is 0 Å². The second-order valence-corrected chi connectivity index (χ2v) is 6.34. The van der Waals surface area contributed by atoms with Gasteiger partial charge in [0.15, 0.2) is 0 Å². The molecule has 0 aliphatic rings. The molecule has 0 radical (unpaired) electrons. The van der Waals surface area contributed by atoms with Gasteiger partial charge in [-0.25, -0.2) is 19.3 Å². The molecule has 0 unspecified atom stereocenters. The van der Waals surface area contributed by atoms with Gasteiger partial charge < -0.3 is 10.3 Å². The topological polar surface area (TPSA) is 66.5 Å². The van der Waals surface area contributed by atoms with E-state index in [4.69, 9.17) is 0 Å². The van der Waals surface area contributed by atoms with Crippen molar-refractivity contribution < 1.29 is 8.78 Å². The number of fused-ring (bicyclic) bond motifs is 1. The summed E-state index contributed by atoms with van der Waals surface area (Å²) in [6, 6.07) is 9.50. The standard InChI is InChI=1S/C20H17F2N5/c1-12(13-2-5-16(21)6-3-13)26-18-7-4-14(19(22)27-18)8-15-9-24-20-17(15)10-23-11-25-20/h2-7,9-12H,8H2,1H3,(H,26,27)(H,23,24,25)/t12-/m0/s1. The molecule has 1 aromatic carbocycles. The zero-order valence-corrected chi connectivity index (χ0v) is 14.6. The number of hydrogen-bond donors (Lipinski definition) is 2. The highest BCUT2D eigenvalue weighted by atomic mass is 19.1. The van der Waals surface area contributed by atoms with Gasteiger partial charge in [-0.1, -0.05) is 18.2 Å². The van der Waals surface area contributed by atoms with Crippen molar-refractivity contribution in [3.05, 3.63) is 83.6 Å². The lowest BCUT2D eigenvalue weighted by molar-refractivity contribution is 0.571. The first-order valence-corrected chi connectivity index (χ1v) is 8.53. The molecule has 0 saturated carbocycles. The maximum atomic E-state index is 14.5. The van der Waals surface area contributed by atoms with Gasteiger partial charge in [0.05, 0.1) is 0 Å². The molecule has 0 amide bonds. The average molecular weight is 365 g/mol. The zero-order valence-electron chi connectivity index (χ0n) is 14.6.